The number of methoxy groups -OCH3 is 1. The number of hydrogen-bond donors (Lipinski definition) is 1. The zero-order valence-corrected chi connectivity index (χ0v) is 13.7. The van der Waals surface area contributed by atoms with E-state index in [2.05, 4.69) is 17.0 Å². The summed E-state index contributed by atoms with van der Waals surface area (Å²) in [5.41, 5.74) is 0. The molecule has 120 valence electrons. The van der Waals surface area contributed by atoms with Gasteiger partial charge in [0.2, 0.25) is 5.91 Å². The van der Waals surface area contributed by atoms with E-state index in [9.17, 15) is 9.59 Å². The predicted molar refractivity (Wildman–Crippen MR) is 82.7 cm³/mol. The highest BCUT2D eigenvalue weighted by Gasteiger charge is 2.32. The molecule has 0 aliphatic carbocycles. The van der Waals surface area contributed by atoms with Gasteiger partial charge in [-0.2, -0.15) is 0 Å². The van der Waals surface area contributed by atoms with Gasteiger partial charge < -0.3 is 15.0 Å². The van der Waals surface area contributed by atoms with Gasteiger partial charge in [0.05, 0.1) is 7.11 Å². The van der Waals surface area contributed by atoms with Gasteiger partial charge in [-0.3, -0.25) is 4.79 Å². The van der Waals surface area contributed by atoms with Gasteiger partial charge in [0.1, 0.15) is 6.04 Å². The van der Waals surface area contributed by atoms with Gasteiger partial charge in [-0.05, 0) is 32.1 Å². The summed E-state index contributed by atoms with van der Waals surface area (Å²) < 4.78 is 4.57. The Morgan fingerprint density at radius 3 is 2.35 bits per heavy atom. The summed E-state index contributed by atoms with van der Waals surface area (Å²) in [4.78, 5) is 25.6. The predicted octanol–water partition coefficient (Wildman–Crippen LogP) is 3.04. The fourth-order valence-corrected chi connectivity index (χ4v) is 2.30. The van der Waals surface area contributed by atoms with Crippen LogP contribution >= 0.6 is 0 Å². The van der Waals surface area contributed by atoms with Crippen LogP contribution in [0.2, 0.25) is 0 Å². The number of rotatable bonds is 3. The number of ether oxygens (including phenoxy) is 1. The lowest BCUT2D eigenvalue weighted by Gasteiger charge is -2.36. The average molecular weight is 288 g/mol. The van der Waals surface area contributed by atoms with Crippen LogP contribution in [0.4, 0.5) is 4.79 Å². The van der Waals surface area contributed by atoms with Gasteiger partial charge in [-0.1, -0.05) is 27.7 Å². The van der Waals surface area contributed by atoms with Gasteiger partial charge in [0, 0.05) is 14.0 Å². The maximum atomic E-state index is 12.5. The van der Waals surface area contributed by atoms with Crippen LogP contribution in [0, 0.1) is 5.92 Å². The molecule has 1 aliphatic rings. The Balaban J connectivity index is 0. The molecule has 1 N–H and O–H groups in total. The molecule has 0 bridgehead atoms. The Labute approximate surface area is 124 Å². The van der Waals surface area contributed by atoms with Crippen LogP contribution < -0.4 is 5.32 Å². The summed E-state index contributed by atoms with van der Waals surface area (Å²) in [6.07, 6.45) is 2.70. The highest BCUT2D eigenvalue weighted by Crippen LogP contribution is 2.19. The third-order valence-corrected chi connectivity index (χ3v) is 3.48. The summed E-state index contributed by atoms with van der Waals surface area (Å²) in [6.45, 7) is 10.7. The molecule has 0 radical (unpaired) electrons. The fourth-order valence-electron chi connectivity index (χ4n) is 2.30. The largest absolute Gasteiger partial charge is 0.453 e. The van der Waals surface area contributed by atoms with E-state index in [0.29, 0.717) is 0 Å². The quantitative estimate of drug-likeness (QED) is 0.868. The maximum Gasteiger partial charge on any atom is 0.407 e. The van der Waals surface area contributed by atoms with E-state index in [1.165, 1.54) is 13.5 Å². The van der Waals surface area contributed by atoms with Crippen LogP contribution in [0.25, 0.3) is 0 Å². The first kappa shape index (κ1) is 18.7. The van der Waals surface area contributed by atoms with Crippen molar-refractivity contribution in [2.75, 3.05) is 13.7 Å². The van der Waals surface area contributed by atoms with Crippen LogP contribution in [-0.4, -0.2) is 42.6 Å². The van der Waals surface area contributed by atoms with Crippen LogP contribution in [0.3, 0.4) is 0 Å². The summed E-state index contributed by atoms with van der Waals surface area (Å²) in [6, 6.07) is -0.245. The number of likely N-dealkylation sites (tertiary alicyclic amines) is 1. The summed E-state index contributed by atoms with van der Waals surface area (Å²) in [7, 11) is 1.31. The molecule has 5 nitrogen and oxygen atoms in total. The van der Waals surface area contributed by atoms with Crippen molar-refractivity contribution in [2.45, 2.75) is 66.0 Å². The first-order valence-electron chi connectivity index (χ1n) is 7.62. The summed E-state index contributed by atoms with van der Waals surface area (Å²) >= 11 is 0. The molecule has 0 spiro atoms. The molecule has 2 atom stereocenters. The van der Waals surface area contributed by atoms with E-state index >= 15 is 0 Å². The molecule has 0 unspecified atom stereocenters. The molecule has 0 saturated carbocycles. The first-order valence-corrected chi connectivity index (χ1v) is 7.62. The van der Waals surface area contributed by atoms with E-state index in [1.54, 1.807) is 0 Å². The number of carbonyl (C=O) groups excluding carboxylic acids is 2. The first-order chi connectivity index (χ1) is 9.47. The van der Waals surface area contributed by atoms with Gasteiger partial charge in [-0.25, -0.2) is 4.79 Å². The number of nitrogens with zero attached hydrogens (tertiary/aromatic N) is 1. The second-order valence-corrected chi connectivity index (χ2v) is 5.23. The van der Waals surface area contributed by atoms with Gasteiger partial charge in [0.25, 0.3) is 0 Å². The molecular formula is C15H32N2O3. The summed E-state index contributed by atoms with van der Waals surface area (Å²) in [5, 5.41) is 2.63. The lowest BCUT2D eigenvalue weighted by Crippen LogP contribution is -2.54. The third kappa shape index (κ3) is 5.39. The van der Waals surface area contributed by atoms with Crippen molar-refractivity contribution in [3.8, 4) is 0 Å². The second-order valence-electron chi connectivity index (χ2n) is 5.23. The second kappa shape index (κ2) is 9.61. The van der Waals surface area contributed by atoms with Crippen LogP contribution in [0.15, 0.2) is 0 Å². The van der Waals surface area contributed by atoms with E-state index in [1.807, 2.05) is 32.6 Å². The monoisotopic (exact) mass is 288 g/mol. The molecule has 1 rings (SSSR count). The number of amides is 2. The van der Waals surface area contributed by atoms with Crippen molar-refractivity contribution < 1.29 is 15.8 Å². The number of piperidine rings is 1. The zero-order chi connectivity index (χ0) is 15.7. The highest BCUT2D eigenvalue weighted by atomic mass is 16.5. The molecule has 0 aromatic heterocycles. The molecule has 2 amide bonds. The SMILES string of the molecule is CC.COC(=O)N[C@H](C(=O)N1CCCC[C@H]1C)C(C)C.[HH]. The topological polar surface area (TPSA) is 58.6 Å². The third-order valence-electron chi connectivity index (χ3n) is 3.48. The Hall–Kier alpha value is -1.26. The van der Waals surface area contributed by atoms with Crippen molar-refractivity contribution >= 4 is 12.0 Å². The van der Waals surface area contributed by atoms with Gasteiger partial charge in [0.15, 0.2) is 0 Å². The highest BCUT2D eigenvalue weighted by molar-refractivity contribution is 5.86. The molecule has 0 aromatic rings. The van der Waals surface area contributed by atoms with E-state index < -0.39 is 12.1 Å². The van der Waals surface area contributed by atoms with Crippen LogP contribution in [-0.2, 0) is 9.53 Å². The molecule has 1 heterocycles. The molecule has 1 fully saturated rings. The minimum Gasteiger partial charge on any atom is -0.453 e. The average Bonchev–Trinajstić information content (AvgIpc) is 2.46. The lowest BCUT2D eigenvalue weighted by atomic mass is 9.98. The Morgan fingerprint density at radius 2 is 1.90 bits per heavy atom. The van der Waals surface area contributed by atoms with E-state index in [0.717, 1.165) is 19.4 Å². The Morgan fingerprint density at radius 1 is 1.30 bits per heavy atom. The number of carbonyl (C=O) groups is 2. The van der Waals surface area contributed by atoms with Crippen LogP contribution in [0.5, 0.6) is 0 Å². The van der Waals surface area contributed by atoms with Crippen molar-refractivity contribution in [1.82, 2.24) is 10.2 Å². The van der Waals surface area contributed by atoms with Crippen molar-refractivity contribution in [3.05, 3.63) is 0 Å². The Kier molecular flexibility index (Phi) is 9.01. The smallest absolute Gasteiger partial charge is 0.407 e. The number of hydrogen-bond acceptors (Lipinski definition) is 3. The number of alkyl carbamates (subject to hydrolysis) is 1. The van der Waals surface area contributed by atoms with Crippen molar-refractivity contribution in [2.24, 2.45) is 5.92 Å². The standard InChI is InChI=1S/C13H24N2O3.C2H6.H2/c1-9(2)11(14-13(17)18-4)12(16)15-8-6-5-7-10(15)3;1-2;/h9-11H,5-8H2,1-4H3,(H,14,17);1-2H3;1H/t10-,11+;;/m1../s1. The number of nitrogens with one attached hydrogen (secondary N) is 1. The normalized spacial score (nSPS) is 19.8. The molecule has 0 aromatic carbocycles. The van der Waals surface area contributed by atoms with Crippen molar-refractivity contribution in [3.63, 3.8) is 0 Å². The molecule has 1 aliphatic heterocycles. The van der Waals surface area contributed by atoms with Crippen molar-refractivity contribution in [1.29, 1.82) is 0 Å². The zero-order valence-electron chi connectivity index (χ0n) is 13.7. The van der Waals surface area contributed by atoms with Gasteiger partial charge in [-0.15, -0.1) is 0 Å². The Bertz CT molecular complexity index is 311. The van der Waals surface area contributed by atoms with Crippen LogP contribution in [0.1, 0.15) is 55.3 Å². The fraction of sp³-hybridized carbons (Fsp3) is 0.867. The molecule has 1 saturated heterocycles. The summed E-state index contributed by atoms with van der Waals surface area (Å²) in [5.74, 6) is 0.0494. The van der Waals surface area contributed by atoms with Gasteiger partial charge >= 0.3 is 6.09 Å². The maximum absolute atomic E-state index is 12.5. The lowest BCUT2D eigenvalue weighted by molar-refractivity contribution is -0.137. The minimum atomic E-state index is -0.549. The molecular weight excluding hydrogens is 256 g/mol. The molecule has 20 heavy (non-hydrogen) atoms. The minimum absolute atomic E-state index is 0. The van der Waals surface area contributed by atoms with E-state index in [4.69, 9.17) is 0 Å². The molecule has 5 heteroatoms. The van der Waals surface area contributed by atoms with E-state index in [-0.39, 0.29) is 19.3 Å².